The number of rotatable bonds is 4. The SMILES string of the molecule is CC(C)Oc1ccc(C(=O)N2CCCN(c3ccc4nnc(C(F)(F)F)n4n3)CC2)cn1. The third kappa shape index (κ3) is 4.58. The topological polar surface area (TPSA) is 88.8 Å². The van der Waals surface area contributed by atoms with Crippen LogP contribution in [0.25, 0.3) is 5.65 Å². The number of anilines is 1. The lowest BCUT2D eigenvalue weighted by Gasteiger charge is -2.23. The van der Waals surface area contributed by atoms with E-state index in [1.807, 2.05) is 18.7 Å². The highest BCUT2D eigenvalue weighted by Gasteiger charge is 2.37. The summed E-state index contributed by atoms with van der Waals surface area (Å²) in [6, 6.07) is 6.40. The van der Waals surface area contributed by atoms with Crippen LogP contribution in [0.1, 0.15) is 36.5 Å². The molecule has 3 aromatic rings. The van der Waals surface area contributed by atoms with Crippen molar-refractivity contribution in [3.63, 3.8) is 0 Å². The molecule has 1 aliphatic rings. The average Bonchev–Trinajstić information content (AvgIpc) is 3.03. The van der Waals surface area contributed by atoms with Crippen LogP contribution in [-0.2, 0) is 6.18 Å². The van der Waals surface area contributed by atoms with Crippen LogP contribution < -0.4 is 9.64 Å². The highest BCUT2D eigenvalue weighted by atomic mass is 19.4. The van der Waals surface area contributed by atoms with Gasteiger partial charge in [-0.3, -0.25) is 4.79 Å². The predicted molar refractivity (Wildman–Crippen MR) is 109 cm³/mol. The Balaban J connectivity index is 1.46. The van der Waals surface area contributed by atoms with Gasteiger partial charge in [0.2, 0.25) is 5.88 Å². The van der Waals surface area contributed by atoms with E-state index in [1.54, 1.807) is 23.1 Å². The maximum absolute atomic E-state index is 13.1. The number of hydrogen-bond donors (Lipinski definition) is 0. The number of carbonyl (C=O) groups is 1. The van der Waals surface area contributed by atoms with Crippen molar-refractivity contribution in [1.29, 1.82) is 0 Å². The average molecular weight is 449 g/mol. The fourth-order valence-electron chi connectivity index (χ4n) is 3.47. The zero-order valence-electron chi connectivity index (χ0n) is 17.6. The second-order valence-corrected chi connectivity index (χ2v) is 7.67. The summed E-state index contributed by atoms with van der Waals surface area (Å²) in [5.74, 6) is -0.503. The molecule has 9 nitrogen and oxygen atoms in total. The Morgan fingerprint density at radius 1 is 1.06 bits per heavy atom. The molecule has 4 rings (SSSR count). The lowest BCUT2D eigenvalue weighted by atomic mass is 10.2. The fraction of sp³-hybridized carbons (Fsp3) is 0.450. The van der Waals surface area contributed by atoms with Gasteiger partial charge in [0.1, 0.15) is 5.82 Å². The van der Waals surface area contributed by atoms with Crippen LogP contribution in [0.5, 0.6) is 5.88 Å². The molecule has 1 amide bonds. The van der Waals surface area contributed by atoms with Crippen molar-refractivity contribution in [1.82, 2.24) is 29.7 Å². The van der Waals surface area contributed by atoms with Gasteiger partial charge in [-0.05, 0) is 38.5 Å². The number of nitrogens with zero attached hydrogens (tertiary/aromatic N) is 7. The summed E-state index contributed by atoms with van der Waals surface area (Å²) in [5, 5.41) is 10.8. The summed E-state index contributed by atoms with van der Waals surface area (Å²) < 4.78 is 45.6. The Hall–Kier alpha value is -3.44. The lowest BCUT2D eigenvalue weighted by Crippen LogP contribution is -2.35. The Kier molecular flexibility index (Phi) is 5.85. The first-order valence-corrected chi connectivity index (χ1v) is 10.2. The number of aromatic nitrogens is 5. The number of halogens is 3. The van der Waals surface area contributed by atoms with Gasteiger partial charge >= 0.3 is 6.18 Å². The van der Waals surface area contributed by atoms with Crippen molar-refractivity contribution in [2.24, 2.45) is 0 Å². The molecule has 0 N–H and O–H groups in total. The molecule has 1 fully saturated rings. The first-order chi connectivity index (χ1) is 15.2. The smallest absolute Gasteiger partial charge is 0.453 e. The van der Waals surface area contributed by atoms with E-state index in [-0.39, 0.29) is 17.7 Å². The summed E-state index contributed by atoms with van der Waals surface area (Å²) in [6.45, 7) is 5.67. The first kappa shape index (κ1) is 21.8. The first-order valence-electron chi connectivity index (χ1n) is 10.2. The van der Waals surface area contributed by atoms with Crippen LogP contribution in [0.4, 0.5) is 19.0 Å². The number of carbonyl (C=O) groups excluding carboxylic acids is 1. The minimum atomic E-state index is -4.66. The molecule has 0 bridgehead atoms. The van der Waals surface area contributed by atoms with Gasteiger partial charge in [-0.25, -0.2) is 4.98 Å². The molecule has 170 valence electrons. The summed E-state index contributed by atoms with van der Waals surface area (Å²) in [7, 11) is 0. The molecule has 32 heavy (non-hydrogen) atoms. The molecule has 12 heteroatoms. The second kappa shape index (κ2) is 8.60. The molecule has 1 aliphatic heterocycles. The van der Waals surface area contributed by atoms with Gasteiger partial charge in [0.05, 0.1) is 11.7 Å². The Morgan fingerprint density at radius 2 is 1.88 bits per heavy atom. The fourth-order valence-corrected chi connectivity index (χ4v) is 3.47. The molecular formula is C20H22F3N7O2. The Labute approximate surface area is 181 Å². The highest BCUT2D eigenvalue weighted by molar-refractivity contribution is 5.94. The molecule has 0 atom stereocenters. The molecule has 0 spiro atoms. The van der Waals surface area contributed by atoms with Gasteiger partial charge in [0.25, 0.3) is 11.7 Å². The number of fused-ring (bicyclic) bond motifs is 1. The molecule has 3 aromatic heterocycles. The third-order valence-corrected chi connectivity index (χ3v) is 4.95. The normalized spacial score (nSPS) is 15.3. The maximum Gasteiger partial charge on any atom is 0.453 e. The van der Waals surface area contributed by atoms with Crippen molar-refractivity contribution in [2.45, 2.75) is 32.5 Å². The summed E-state index contributed by atoms with van der Waals surface area (Å²) >= 11 is 0. The van der Waals surface area contributed by atoms with E-state index in [4.69, 9.17) is 4.74 Å². The quantitative estimate of drug-likeness (QED) is 0.605. The number of alkyl halides is 3. The van der Waals surface area contributed by atoms with Crippen molar-refractivity contribution < 1.29 is 22.7 Å². The number of amides is 1. The van der Waals surface area contributed by atoms with Crippen molar-refractivity contribution in [2.75, 3.05) is 31.1 Å². The van der Waals surface area contributed by atoms with Crippen molar-refractivity contribution in [3.05, 3.63) is 41.9 Å². The van der Waals surface area contributed by atoms with Gasteiger partial charge in [0.15, 0.2) is 5.65 Å². The summed E-state index contributed by atoms with van der Waals surface area (Å²) in [4.78, 5) is 20.6. The minimum absolute atomic E-state index is 0.0150. The Morgan fingerprint density at radius 3 is 2.56 bits per heavy atom. The van der Waals surface area contributed by atoms with Crippen LogP contribution >= 0.6 is 0 Å². The zero-order valence-corrected chi connectivity index (χ0v) is 17.6. The molecule has 0 radical (unpaired) electrons. The maximum atomic E-state index is 13.1. The monoisotopic (exact) mass is 449 g/mol. The van der Waals surface area contributed by atoms with E-state index in [9.17, 15) is 18.0 Å². The van der Waals surface area contributed by atoms with E-state index in [1.165, 1.54) is 12.3 Å². The van der Waals surface area contributed by atoms with Crippen LogP contribution in [0.15, 0.2) is 30.5 Å². The van der Waals surface area contributed by atoms with Gasteiger partial charge < -0.3 is 14.5 Å². The minimum Gasteiger partial charge on any atom is -0.475 e. The van der Waals surface area contributed by atoms with E-state index in [2.05, 4.69) is 20.3 Å². The largest absolute Gasteiger partial charge is 0.475 e. The highest BCUT2D eigenvalue weighted by Crippen LogP contribution is 2.28. The van der Waals surface area contributed by atoms with Crippen LogP contribution in [0, 0.1) is 0 Å². The van der Waals surface area contributed by atoms with Crippen molar-refractivity contribution in [3.8, 4) is 5.88 Å². The van der Waals surface area contributed by atoms with Gasteiger partial charge in [-0.1, -0.05) is 0 Å². The molecule has 0 saturated carbocycles. The lowest BCUT2D eigenvalue weighted by molar-refractivity contribution is -0.146. The third-order valence-electron chi connectivity index (χ3n) is 4.95. The number of pyridine rings is 1. The van der Waals surface area contributed by atoms with Crippen LogP contribution in [0.3, 0.4) is 0 Å². The Bertz CT molecular complexity index is 1100. The van der Waals surface area contributed by atoms with Crippen LogP contribution in [0.2, 0.25) is 0 Å². The molecule has 0 aromatic carbocycles. The number of ether oxygens (including phenoxy) is 1. The van der Waals surface area contributed by atoms with Gasteiger partial charge in [-0.2, -0.15) is 17.7 Å². The van der Waals surface area contributed by atoms with Crippen molar-refractivity contribution >= 4 is 17.4 Å². The number of hydrogen-bond acceptors (Lipinski definition) is 7. The summed E-state index contributed by atoms with van der Waals surface area (Å²) in [6.07, 6.45) is -2.54. The van der Waals surface area contributed by atoms with E-state index >= 15 is 0 Å². The molecule has 0 aliphatic carbocycles. The second-order valence-electron chi connectivity index (χ2n) is 7.67. The predicted octanol–water partition coefficient (Wildman–Crippen LogP) is 2.68. The molecule has 1 saturated heterocycles. The van der Waals surface area contributed by atoms with E-state index in [0.29, 0.717) is 54.4 Å². The standard InChI is InChI=1S/C20H22F3N7O2/c1-13(2)32-17-7-4-14(12-24-17)18(31)29-9-3-8-28(10-11-29)16-6-5-15-25-26-19(20(21,22)23)30(15)27-16/h4-7,12-13H,3,8-11H2,1-2H3. The van der Waals surface area contributed by atoms with E-state index in [0.717, 1.165) is 0 Å². The van der Waals surface area contributed by atoms with Gasteiger partial charge in [-0.15, -0.1) is 15.3 Å². The molecule has 0 unspecified atom stereocenters. The molecule has 4 heterocycles. The van der Waals surface area contributed by atoms with Crippen LogP contribution in [-0.4, -0.2) is 67.9 Å². The zero-order chi connectivity index (χ0) is 22.9. The van der Waals surface area contributed by atoms with E-state index < -0.39 is 12.0 Å². The summed E-state index contributed by atoms with van der Waals surface area (Å²) in [5.41, 5.74) is 0.471. The van der Waals surface area contributed by atoms with Gasteiger partial charge in [0, 0.05) is 38.4 Å². The molecular weight excluding hydrogens is 427 g/mol.